The van der Waals surface area contributed by atoms with Gasteiger partial charge in [-0.15, -0.1) is 0 Å². The number of esters is 1. The van der Waals surface area contributed by atoms with Gasteiger partial charge in [-0.1, -0.05) is 11.6 Å². The van der Waals surface area contributed by atoms with Crippen LogP contribution in [0.15, 0.2) is 18.3 Å². The van der Waals surface area contributed by atoms with Crippen molar-refractivity contribution < 1.29 is 9.53 Å². The number of benzene rings is 1. The van der Waals surface area contributed by atoms with Gasteiger partial charge in [-0.2, -0.15) is 0 Å². The van der Waals surface area contributed by atoms with Crippen LogP contribution < -0.4 is 5.32 Å². The molecule has 0 atom stereocenters. The van der Waals surface area contributed by atoms with E-state index < -0.39 is 0 Å². The number of fused-ring (bicyclic) bond motifs is 1. The van der Waals surface area contributed by atoms with E-state index in [1.54, 1.807) is 13.1 Å². The Morgan fingerprint density at radius 3 is 2.78 bits per heavy atom. The van der Waals surface area contributed by atoms with Gasteiger partial charge < -0.3 is 15.0 Å². The molecule has 1 aromatic heterocycles. The molecule has 124 valence electrons. The zero-order chi connectivity index (χ0) is 17.0. The minimum atomic E-state index is -0.373. The number of pyridine rings is 1. The zero-order valence-corrected chi connectivity index (χ0v) is 14.7. The van der Waals surface area contributed by atoms with Crippen LogP contribution in [-0.4, -0.2) is 49.6 Å². The minimum Gasteiger partial charge on any atom is -0.462 e. The SMILES string of the molecule is CCOC(=O)c1cnc2c(C)c(Cl)ccc2c1NCCN(C)C. The third-order valence-corrected chi connectivity index (χ3v) is 3.99. The molecule has 0 spiro atoms. The predicted molar refractivity (Wildman–Crippen MR) is 94.5 cm³/mol. The Morgan fingerprint density at radius 2 is 2.13 bits per heavy atom. The molecule has 6 heteroatoms. The van der Waals surface area contributed by atoms with Crippen LogP contribution in [0.1, 0.15) is 22.8 Å². The molecular formula is C17H22ClN3O2. The van der Waals surface area contributed by atoms with Crippen LogP contribution in [0.3, 0.4) is 0 Å². The highest BCUT2D eigenvalue weighted by atomic mass is 35.5. The molecule has 2 rings (SSSR count). The number of ether oxygens (including phenoxy) is 1. The molecule has 5 nitrogen and oxygen atoms in total. The van der Waals surface area contributed by atoms with E-state index in [1.165, 1.54) is 0 Å². The van der Waals surface area contributed by atoms with Gasteiger partial charge in [0.1, 0.15) is 5.56 Å². The first kappa shape index (κ1) is 17.5. The van der Waals surface area contributed by atoms with Gasteiger partial charge in [-0.05, 0) is 45.6 Å². The van der Waals surface area contributed by atoms with Crippen molar-refractivity contribution in [3.8, 4) is 0 Å². The first-order chi connectivity index (χ1) is 11.0. The molecule has 2 aromatic rings. The smallest absolute Gasteiger partial charge is 0.341 e. The third-order valence-electron chi connectivity index (χ3n) is 3.58. The highest BCUT2D eigenvalue weighted by molar-refractivity contribution is 6.32. The lowest BCUT2D eigenvalue weighted by Gasteiger charge is -2.17. The van der Waals surface area contributed by atoms with Crippen LogP contribution in [0, 0.1) is 6.92 Å². The molecule has 0 radical (unpaired) electrons. The highest BCUT2D eigenvalue weighted by Crippen LogP contribution is 2.31. The monoisotopic (exact) mass is 335 g/mol. The molecule has 0 bridgehead atoms. The molecule has 0 aliphatic heterocycles. The summed E-state index contributed by atoms with van der Waals surface area (Å²) in [6.45, 7) is 5.59. The molecule has 1 N–H and O–H groups in total. The van der Waals surface area contributed by atoms with Gasteiger partial charge in [-0.3, -0.25) is 4.98 Å². The second-order valence-electron chi connectivity index (χ2n) is 5.57. The van der Waals surface area contributed by atoms with Crippen molar-refractivity contribution >= 4 is 34.2 Å². The van der Waals surface area contributed by atoms with Gasteiger partial charge in [-0.25, -0.2) is 4.79 Å². The average molecular weight is 336 g/mol. The van der Waals surface area contributed by atoms with Crippen molar-refractivity contribution in [3.05, 3.63) is 34.5 Å². The molecule has 0 amide bonds. The van der Waals surface area contributed by atoms with Crippen molar-refractivity contribution in [2.24, 2.45) is 0 Å². The van der Waals surface area contributed by atoms with Crippen LogP contribution >= 0.6 is 11.6 Å². The lowest BCUT2D eigenvalue weighted by Crippen LogP contribution is -2.22. The van der Waals surface area contributed by atoms with Crippen LogP contribution in [0.25, 0.3) is 10.9 Å². The molecule has 0 unspecified atom stereocenters. The zero-order valence-electron chi connectivity index (χ0n) is 13.9. The molecule has 0 aliphatic carbocycles. The second-order valence-corrected chi connectivity index (χ2v) is 5.97. The van der Waals surface area contributed by atoms with E-state index in [0.29, 0.717) is 23.7 Å². The minimum absolute atomic E-state index is 0.327. The predicted octanol–water partition coefficient (Wildman–Crippen LogP) is 3.35. The van der Waals surface area contributed by atoms with E-state index >= 15 is 0 Å². The number of hydrogen-bond donors (Lipinski definition) is 1. The number of halogens is 1. The molecule has 0 saturated heterocycles. The maximum atomic E-state index is 12.2. The first-order valence-corrected chi connectivity index (χ1v) is 7.97. The van der Waals surface area contributed by atoms with E-state index in [-0.39, 0.29) is 5.97 Å². The van der Waals surface area contributed by atoms with Crippen LogP contribution in [0.4, 0.5) is 5.69 Å². The standard InChI is InChI=1S/C17H22ClN3O2/c1-5-23-17(22)13-10-20-15-11(2)14(18)7-6-12(15)16(13)19-8-9-21(3)4/h6-7,10H,5,8-9H2,1-4H3,(H,19,20). The lowest BCUT2D eigenvalue weighted by molar-refractivity contribution is 0.0527. The van der Waals surface area contributed by atoms with E-state index in [2.05, 4.69) is 15.2 Å². The number of likely N-dealkylation sites (N-methyl/N-ethyl adjacent to an activating group) is 1. The van der Waals surface area contributed by atoms with Gasteiger partial charge >= 0.3 is 5.97 Å². The fourth-order valence-electron chi connectivity index (χ4n) is 2.34. The van der Waals surface area contributed by atoms with Crippen molar-refractivity contribution in [3.63, 3.8) is 0 Å². The van der Waals surface area contributed by atoms with E-state index in [9.17, 15) is 4.79 Å². The lowest BCUT2D eigenvalue weighted by atomic mass is 10.1. The van der Waals surface area contributed by atoms with E-state index in [1.807, 2.05) is 33.2 Å². The van der Waals surface area contributed by atoms with Crippen molar-refractivity contribution in [2.45, 2.75) is 13.8 Å². The maximum absolute atomic E-state index is 12.2. The topological polar surface area (TPSA) is 54.5 Å². The quantitative estimate of drug-likeness (QED) is 0.820. The van der Waals surface area contributed by atoms with E-state index in [0.717, 1.165) is 28.7 Å². The Hall–Kier alpha value is -1.85. The Morgan fingerprint density at radius 1 is 1.39 bits per heavy atom. The fourth-order valence-corrected chi connectivity index (χ4v) is 2.49. The molecule has 1 heterocycles. The normalized spacial score (nSPS) is 11.0. The molecule has 0 aliphatic rings. The highest BCUT2D eigenvalue weighted by Gasteiger charge is 2.18. The summed E-state index contributed by atoms with van der Waals surface area (Å²) >= 11 is 6.18. The molecule has 1 aromatic carbocycles. The first-order valence-electron chi connectivity index (χ1n) is 7.59. The summed E-state index contributed by atoms with van der Waals surface area (Å²) in [5, 5.41) is 4.88. The number of anilines is 1. The summed E-state index contributed by atoms with van der Waals surface area (Å²) in [5.41, 5.74) is 2.88. The van der Waals surface area contributed by atoms with Crippen LogP contribution in [-0.2, 0) is 4.74 Å². The fraction of sp³-hybridized carbons (Fsp3) is 0.412. The summed E-state index contributed by atoms with van der Waals surface area (Å²) in [7, 11) is 4.00. The van der Waals surface area contributed by atoms with Crippen molar-refractivity contribution in [2.75, 3.05) is 39.1 Å². The average Bonchev–Trinajstić information content (AvgIpc) is 2.51. The largest absolute Gasteiger partial charge is 0.462 e. The van der Waals surface area contributed by atoms with Gasteiger partial charge in [0.05, 0.1) is 17.8 Å². The number of carbonyl (C=O) groups excluding carboxylic acids is 1. The second kappa shape index (κ2) is 7.62. The van der Waals surface area contributed by atoms with Gasteiger partial charge in [0.25, 0.3) is 0 Å². The third kappa shape index (κ3) is 3.92. The van der Waals surface area contributed by atoms with Crippen LogP contribution in [0.2, 0.25) is 5.02 Å². The number of hydrogen-bond acceptors (Lipinski definition) is 5. The van der Waals surface area contributed by atoms with Crippen LogP contribution in [0.5, 0.6) is 0 Å². The molecule has 0 fully saturated rings. The Bertz CT molecular complexity index is 717. The number of rotatable bonds is 6. The summed E-state index contributed by atoms with van der Waals surface area (Å²) in [5.74, 6) is -0.373. The Balaban J connectivity index is 2.52. The number of nitrogens with one attached hydrogen (secondary N) is 1. The summed E-state index contributed by atoms with van der Waals surface area (Å²) in [4.78, 5) is 18.7. The Kier molecular flexibility index (Phi) is 5.80. The van der Waals surface area contributed by atoms with Crippen molar-refractivity contribution in [1.29, 1.82) is 0 Å². The number of aromatic nitrogens is 1. The molecular weight excluding hydrogens is 314 g/mol. The summed E-state index contributed by atoms with van der Waals surface area (Å²) in [6.07, 6.45) is 1.56. The van der Waals surface area contributed by atoms with Gasteiger partial charge in [0, 0.05) is 29.7 Å². The summed E-state index contributed by atoms with van der Waals surface area (Å²) < 4.78 is 5.14. The Labute approximate surface area is 141 Å². The van der Waals surface area contributed by atoms with Crippen molar-refractivity contribution in [1.82, 2.24) is 9.88 Å². The number of aryl methyl sites for hydroxylation is 1. The number of nitrogens with zero attached hydrogens (tertiary/aromatic N) is 2. The number of carbonyl (C=O) groups is 1. The van der Waals surface area contributed by atoms with Gasteiger partial charge in [0.2, 0.25) is 0 Å². The molecule has 0 saturated carbocycles. The molecule has 23 heavy (non-hydrogen) atoms. The summed E-state index contributed by atoms with van der Waals surface area (Å²) in [6, 6.07) is 3.71. The van der Waals surface area contributed by atoms with Gasteiger partial charge in [0.15, 0.2) is 0 Å². The van der Waals surface area contributed by atoms with E-state index in [4.69, 9.17) is 16.3 Å². The maximum Gasteiger partial charge on any atom is 0.341 e.